The quantitative estimate of drug-likeness (QED) is 0.790. The third kappa shape index (κ3) is 5.11. The number of allylic oxidation sites excluding steroid dienone is 1. The maximum absolute atomic E-state index is 11.9. The van der Waals surface area contributed by atoms with Gasteiger partial charge in [0.1, 0.15) is 0 Å². The van der Waals surface area contributed by atoms with Gasteiger partial charge in [0.15, 0.2) is 0 Å². The van der Waals surface area contributed by atoms with Crippen molar-refractivity contribution in [2.45, 2.75) is 57.0 Å². The Kier molecular flexibility index (Phi) is 5.82. The molecule has 0 saturated carbocycles. The van der Waals surface area contributed by atoms with Gasteiger partial charge in [0.05, 0.1) is 12.0 Å². The van der Waals surface area contributed by atoms with Gasteiger partial charge >= 0.3 is 0 Å². The van der Waals surface area contributed by atoms with Crippen LogP contribution < -0.4 is 0 Å². The number of amides is 1. The minimum atomic E-state index is -0.833. The molecule has 1 aliphatic carbocycles. The molecule has 0 aromatic carbocycles. The van der Waals surface area contributed by atoms with E-state index in [0.29, 0.717) is 6.54 Å². The van der Waals surface area contributed by atoms with E-state index in [2.05, 4.69) is 11.0 Å². The van der Waals surface area contributed by atoms with Gasteiger partial charge in [0.2, 0.25) is 5.91 Å². The average Bonchev–Trinajstić information content (AvgIpc) is 2.46. The largest absolute Gasteiger partial charge is 0.388 e. The highest BCUT2D eigenvalue weighted by Gasteiger charge is 2.35. The van der Waals surface area contributed by atoms with Gasteiger partial charge in [-0.3, -0.25) is 4.79 Å². The molecular formula is C17H30N2O2. The van der Waals surface area contributed by atoms with Crippen molar-refractivity contribution in [2.24, 2.45) is 0 Å². The van der Waals surface area contributed by atoms with Crippen LogP contribution in [0, 0.1) is 0 Å². The van der Waals surface area contributed by atoms with Gasteiger partial charge in [0, 0.05) is 27.2 Å². The number of rotatable bonds is 5. The zero-order chi connectivity index (χ0) is 15.3. The highest BCUT2D eigenvalue weighted by molar-refractivity contribution is 5.76. The number of nitrogens with zero attached hydrogens (tertiary/aromatic N) is 2. The molecular weight excluding hydrogens is 264 g/mol. The first-order valence-electron chi connectivity index (χ1n) is 8.31. The summed E-state index contributed by atoms with van der Waals surface area (Å²) >= 11 is 0. The molecule has 0 spiro atoms. The van der Waals surface area contributed by atoms with Crippen LogP contribution in [0.4, 0.5) is 0 Å². The molecule has 1 aliphatic heterocycles. The van der Waals surface area contributed by atoms with Crippen molar-refractivity contribution in [3.8, 4) is 0 Å². The highest BCUT2D eigenvalue weighted by Crippen LogP contribution is 2.26. The Bertz CT molecular complexity index is 392. The first-order chi connectivity index (χ1) is 9.98. The summed E-state index contributed by atoms with van der Waals surface area (Å²) in [6.07, 6.45) is 10.6. The number of carbonyl (C=O) groups is 1. The molecule has 1 atom stereocenters. The van der Waals surface area contributed by atoms with E-state index in [4.69, 9.17) is 0 Å². The molecule has 0 aromatic rings. The maximum Gasteiger partial charge on any atom is 0.224 e. The minimum Gasteiger partial charge on any atom is -0.388 e. The van der Waals surface area contributed by atoms with E-state index in [1.807, 2.05) is 0 Å². The van der Waals surface area contributed by atoms with E-state index in [9.17, 15) is 9.90 Å². The van der Waals surface area contributed by atoms with Crippen molar-refractivity contribution in [1.82, 2.24) is 9.80 Å². The van der Waals surface area contributed by atoms with E-state index >= 15 is 0 Å². The van der Waals surface area contributed by atoms with E-state index in [1.54, 1.807) is 24.6 Å². The molecule has 0 aromatic heterocycles. The maximum atomic E-state index is 11.9. The normalized spacial score (nSPS) is 27.3. The molecule has 1 heterocycles. The second-order valence-corrected chi connectivity index (χ2v) is 6.93. The SMILES string of the molecule is CN(C)C(=O)CC1(O)CCCN(CCC2=CCCCC2)C1. The Labute approximate surface area is 128 Å². The minimum absolute atomic E-state index is 0.0225. The third-order valence-electron chi connectivity index (χ3n) is 4.75. The van der Waals surface area contributed by atoms with Crippen molar-refractivity contribution in [1.29, 1.82) is 0 Å². The number of likely N-dealkylation sites (tertiary alicyclic amines) is 1. The number of hydrogen-bond donors (Lipinski definition) is 1. The average molecular weight is 294 g/mol. The summed E-state index contributed by atoms with van der Waals surface area (Å²) in [6.45, 7) is 2.70. The summed E-state index contributed by atoms with van der Waals surface area (Å²) < 4.78 is 0. The van der Waals surface area contributed by atoms with Crippen molar-refractivity contribution in [3.63, 3.8) is 0 Å². The third-order valence-corrected chi connectivity index (χ3v) is 4.75. The van der Waals surface area contributed by atoms with Crippen LogP contribution in [0.3, 0.4) is 0 Å². The summed E-state index contributed by atoms with van der Waals surface area (Å²) in [5.74, 6) is 0.0225. The smallest absolute Gasteiger partial charge is 0.224 e. The molecule has 1 amide bonds. The second-order valence-electron chi connectivity index (χ2n) is 6.93. The summed E-state index contributed by atoms with van der Waals surface area (Å²) in [4.78, 5) is 15.8. The Hall–Kier alpha value is -0.870. The highest BCUT2D eigenvalue weighted by atomic mass is 16.3. The lowest BCUT2D eigenvalue weighted by atomic mass is 9.88. The Morgan fingerprint density at radius 2 is 2.19 bits per heavy atom. The van der Waals surface area contributed by atoms with E-state index in [0.717, 1.165) is 32.4 Å². The van der Waals surface area contributed by atoms with E-state index in [1.165, 1.54) is 25.7 Å². The lowest BCUT2D eigenvalue weighted by molar-refractivity contribution is -0.136. The Morgan fingerprint density at radius 1 is 1.38 bits per heavy atom. The predicted octanol–water partition coefficient (Wildman–Crippen LogP) is 2.18. The van der Waals surface area contributed by atoms with Gasteiger partial charge in [-0.1, -0.05) is 11.6 Å². The fraction of sp³-hybridized carbons (Fsp3) is 0.824. The molecule has 4 heteroatoms. The predicted molar refractivity (Wildman–Crippen MR) is 85.1 cm³/mol. The van der Waals surface area contributed by atoms with Crippen molar-refractivity contribution < 1.29 is 9.90 Å². The lowest BCUT2D eigenvalue weighted by Crippen LogP contribution is -2.50. The van der Waals surface area contributed by atoms with E-state index in [-0.39, 0.29) is 12.3 Å². The Morgan fingerprint density at radius 3 is 2.86 bits per heavy atom. The van der Waals surface area contributed by atoms with Crippen LogP contribution in [-0.4, -0.2) is 60.1 Å². The van der Waals surface area contributed by atoms with Crippen LogP contribution >= 0.6 is 0 Å². The number of piperidine rings is 1. The zero-order valence-corrected chi connectivity index (χ0v) is 13.6. The zero-order valence-electron chi connectivity index (χ0n) is 13.6. The number of aliphatic hydroxyl groups is 1. The molecule has 120 valence electrons. The molecule has 21 heavy (non-hydrogen) atoms. The first-order valence-corrected chi connectivity index (χ1v) is 8.31. The van der Waals surface area contributed by atoms with Gasteiger partial charge in [-0.05, 0) is 51.5 Å². The van der Waals surface area contributed by atoms with Crippen molar-refractivity contribution in [3.05, 3.63) is 11.6 Å². The summed E-state index contributed by atoms with van der Waals surface area (Å²) in [7, 11) is 3.50. The van der Waals surface area contributed by atoms with Crippen molar-refractivity contribution >= 4 is 5.91 Å². The van der Waals surface area contributed by atoms with Gasteiger partial charge in [0.25, 0.3) is 0 Å². The second kappa shape index (κ2) is 7.41. The number of hydrogen-bond acceptors (Lipinski definition) is 3. The lowest BCUT2D eigenvalue weighted by Gasteiger charge is -2.39. The molecule has 0 radical (unpaired) electrons. The topological polar surface area (TPSA) is 43.8 Å². The molecule has 1 N–H and O–H groups in total. The van der Waals surface area contributed by atoms with Crippen molar-refractivity contribution in [2.75, 3.05) is 33.7 Å². The standard InChI is InChI=1S/C17H30N2O2/c1-18(2)16(20)13-17(21)10-6-11-19(14-17)12-9-15-7-4-3-5-8-15/h7,21H,3-6,8-14H2,1-2H3. The van der Waals surface area contributed by atoms with Crippen LogP contribution in [0.1, 0.15) is 51.4 Å². The summed E-state index contributed by atoms with van der Waals surface area (Å²) in [5.41, 5.74) is 0.750. The number of β-amino-alcohol motifs (C(OH)–C–C–N with tert-alkyl or cyclic N) is 1. The van der Waals surface area contributed by atoms with Crippen LogP contribution in [-0.2, 0) is 4.79 Å². The summed E-state index contributed by atoms with van der Waals surface area (Å²) in [5, 5.41) is 10.7. The van der Waals surface area contributed by atoms with Gasteiger partial charge in [-0.25, -0.2) is 0 Å². The van der Waals surface area contributed by atoms with Crippen LogP contribution in [0.5, 0.6) is 0 Å². The molecule has 2 aliphatic rings. The monoisotopic (exact) mass is 294 g/mol. The van der Waals surface area contributed by atoms with Crippen LogP contribution in [0.2, 0.25) is 0 Å². The molecule has 2 rings (SSSR count). The van der Waals surface area contributed by atoms with Gasteiger partial charge < -0.3 is 14.9 Å². The fourth-order valence-corrected chi connectivity index (χ4v) is 3.41. The van der Waals surface area contributed by atoms with Gasteiger partial charge in [-0.15, -0.1) is 0 Å². The molecule has 1 fully saturated rings. The van der Waals surface area contributed by atoms with Crippen LogP contribution in [0.25, 0.3) is 0 Å². The first kappa shape index (κ1) is 16.5. The van der Waals surface area contributed by atoms with Gasteiger partial charge in [-0.2, -0.15) is 0 Å². The molecule has 4 nitrogen and oxygen atoms in total. The van der Waals surface area contributed by atoms with Crippen LogP contribution in [0.15, 0.2) is 11.6 Å². The van der Waals surface area contributed by atoms with E-state index < -0.39 is 5.60 Å². The summed E-state index contributed by atoms with van der Waals surface area (Å²) in [6, 6.07) is 0. The molecule has 1 unspecified atom stereocenters. The Balaban J connectivity index is 1.82. The molecule has 0 bridgehead atoms. The molecule has 1 saturated heterocycles. The number of carbonyl (C=O) groups excluding carboxylic acids is 1. The fourth-order valence-electron chi connectivity index (χ4n) is 3.41.